The normalized spacial score (nSPS) is 11.8. The van der Waals surface area contributed by atoms with Crippen LogP contribution < -0.4 is 4.74 Å². The molecule has 4 nitrogen and oxygen atoms in total. The van der Waals surface area contributed by atoms with E-state index in [0.717, 1.165) is 15.9 Å². The molecule has 0 aromatic carbocycles. The molecule has 0 saturated heterocycles. The summed E-state index contributed by atoms with van der Waals surface area (Å²) < 4.78 is 11.5. The second-order valence-electron chi connectivity index (χ2n) is 5.15. The molecule has 0 spiro atoms. The molecular formula is C16H16N2O2S. The van der Waals surface area contributed by atoms with Gasteiger partial charge in [-0.05, 0) is 43.5 Å². The molecule has 0 amide bonds. The molecule has 0 N–H and O–H groups in total. The van der Waals surface area contributed by atoms with Crippen molar-refractivity contribution < 1.29 is 9.47 Å². The molecule has 21 heavy (non-hydrogen) atoms. The predicted molar refractivity (Wildman–Crippen MR) is 84.0 cm³/mol. The number of fused-ring (bicyclic) bond motifs is 1. The van der Waals surface area contributed by atoms with Crippen LogP contribution in [0.15, 0.2) is 42.0 Å². The third-order valence-corrected chi connectivity index (χ3v) is 4.20. The molecule has 0 bridgehead atoms. The zero-order valence-corrected chi connectivity index (χ0v) is 13.0. The van der Waals surface area contributed by atoms with E-state index in [1.807, 2.05) is 43.5 Å². The summed E-state index contributed by atoms with van der Waals surface area (Å²) in [6.45, 7) is 3.92. The van der Waals surface area contributed by atoms with Crippen molar-refractivity contribution >= 4 is 21.6 Å². The van der Waals surface area contributed by atoms with Crippen LogP contribution in [0.2, 0.25) is 0 Å². The van der Waals surface area contributed by atoms with Crippen LogP contribution in [0.5, 0.6) is 11.5 Å². The maximum Gasteiger partial charge on any atom is 0.151 e. The maximum absolute atomic E-state index is 5.97. The molecule has 0 aliphatic carbocycles. The van der Waals surface area contributed by atoms with Gasteiger partial charge in [-0.3, -0.25) is 4.98 Å². The first-order valence-corrected chi connectivity index (χ1v) is 7.50. The molecule has 0 fully saturated rings. The number of aromatic nitrogens is 2. The van der Waals surface area contributed by atoms with Crippen LogP contribution in [0.3, 0.4) is 0 Å². The Balaban J connectivity index is 1.97. The van der Waals surface area contributed by atoms with E-state index in [1.165, 1.54) is 0 Å². The molecule has 3 aromatic heterocycles. The van der Waals surface area contributed by atoms with Crippen molar-refractivity contribution in [2.75, 3.05) is 7.11 Å². The lowest BCUT2D eigenvalue weighted by molar-refractivity contribution is 0.0138. The molecule has 3 heterocycles. The molecule has 0 unspecified atom stereocenters. The van der Waals surface area contributed by atoms with Crippen LogP contribution in [-0.2, 0) is 10.3 Å². The van der Waals surface area contributed by atoms with E-state index in [1.54, 1.807) is 30.8 Å². The number of hydrogen-bond donors (Lipinski definition) is 0. The fourth-order valence-electron chi connectivity index (χ4n) is 2.04. The Morgan fingerprint density at radius 2 is 2.05 bits per heavy atom. The minimum Gasteiger partial charge on any atom is -0.454 e. The van der Waals surface area contributed by atoms with E-state index in [9.17, 15) is 0 Å². The van der Waals surface area contributed by atoms with Gasteiger partial charge < -0.3 is 9.47 Å². The Morgan fingerprint density at radius 3 is 2.86 bits per heavy atom. The standard InChI is InChI=1S/C16H16N2O2S/c1-16(2,19-3)14-13(5-4-7-17-14)20-12-9-11-6-8-21-15(11)18-10-12/h4-10H,1-3H3. The minimum absolute atomic E-state index is 0.517. The van der Waals surface area contributed by atoms with Crippen molar-refractivity contribution in [3.8, 4) is 11.5 Å². The summed E-state index contributed by atoms with van der Waals surface area (Å²) in [7, 11) is 1.66. The summed E-state index contributed by atoms with van der Waals surface area (Å²) in [5.74, 6) is 1.38. The number of hydrogen-bond acceptors (Lipinski definition) is 5. The van der Waals surface area contributed by atoms with Gasteiger partial charge in [0.25, 0.3) is 0 Å². The molecule has 108 valence electrons. The van der Waals surface area contributed by atoms with E-state index in [-0.39, 0.29) is 0 Å². The highest BCUT2D eigenvalue weighted by Crippen LogP contribution is 2.33. The van der Waals surface area contributed by atoms with E-state index >= 15 is 0 Å². The van der Waals surface area contributed by atoms with Crippen molar-refractivity contribution in [1.82, 2.24) is 9.97 Å². The molecule has 0 atom stereocenters. The summed E-state index contributed by atoms with van der Waals surface area (Å²) in [5, 5.41) is 3.10. The smallest absolute Gasteiger partial charge is 0.151 e. The van der Waals surface area contributed by atoms with Crippen LogP contribution in [0.25, 0.3) is 10.2 Å². The number of methoxy groups -OCH3 is 1. The zero-order valence-electron chi connectivity index (χ0n) is 12.2. The zero-order chi connectivity index (χ0) is 14.9. The number of pyridine rings is 2. The molecule has 5 heteroatoms. The van der Waals surface area contributed by atoms with Crippen molar-refractivity contribution in [3.63, 3.8) is 0 Å². The number of ether oxygens (including phenoxy) is 2. The molecule has 3 rings (SSSR count). The number of nitrogens with zero attached hydrogens (tertiary/aromatic N) is 2. The van der Waals surface area contributed by atoms with Gasteiger partial charge in [0, 0.05) is 18.7 Å². The maximum atomic E-state index is 5.97. The average molecular weight is 300 g/mol. The van der Waals surface area contributed by atoms with Crippen molar-refractivity contribution in [2.24, 2.45) is 0 Å². The second kappa shape index (κ2) is 5.42. The first kappa shape index (κ1) is 14.0. The van der Waals surface area contributed by atoms with Gasteiger partial charge in [-0.1, -0.05) is 0 Å². The second-order valence-corrected chi connectivity index (χ2v) is 6.05. The number of thiophene rings is 1. The monoisotopic (exact) mass is 300 g/mol. The SMILES string of the molecule is COC(C)(C)c1ncccc1Oc1cnc2sccc2c1. The summed E-state index contributed by atoms with van der Waals surface area (Å²) >= 11 is 1.61. The van der Waals surface area contributed by atoms with E-state index < -0.39 is 5.60 Å². The van der Waals surface area contributed by atoms with Gasteiger partial charge in [-0.15, -0.1) is 11.3 Å². The first-order chi connectivity index (χ1) is 10.1. The average Bonchev–Trinajstić information content (AvgIpc) is 2.95. The first-order valence-electron chi connectivity index (χ1n) is 6.62. The van der Waals surface area contributed by atoms with Gasteiger partial charge in [0.15, 0.2) is 5.75 Å². The van der Waals surface area contributed by atoms with Crippen molar-refractivity contribution in [3.05, 3.63) is 47.7 Å². The van der Waals surface area contributed by atoms with Crippen LogP contribution in [0.1, 0.15) is 19.5 Å². The Kier molecular flexibility index (Phi) is 3.61. The largest absolute Gasteiger partial charge is 0.454 e. The third-order valence-electron chi connectivity index (χ3n) is 3.36. The van der Waals surface area contributed by atoms with Gasteiger partial charge in [0.2, 0.25) is 0 Å². The molecule has 0 aliphatic rings. The van der Waals surface area contributed by atoms with Crippen LogP contribution >= 0.6 is 11.3 Å². The summed E-state index contributed by atoms with van der Waals surface area (Å²) in [6, 6.07) is 7.75. The molecule has 0 radical (unpaired) electrons. The van der Waals surface area contributed by atoms with Crippen LogP contribution in [0, 0.1) is 0 Å². The van der Waals surface area contributed by atoms with Crippen molar-refractivity contribution in [1.29, 1.82) is 0 Å². The highest BCUT2D eigenvalue weighted by Gasteiger charge is 2.25. The lowest BCUT2D eigenvalue weighted by Crippen LogP contribution is -2.21. The fourth-order valence-corrected chi connectivity index (χ4v) is 2.76. The molecule has 0 aliphatic heterocycles. The lowest BCUT2D eigenvalue weighted by atomic mass is 10.0. The van der Waals surface area contributed by atoms with Gasteiger partial charge in [0.05, 0.1) is 6.20 Å². The summed E-state index contributed by atoms with van der Waals surface area (Å²) in [5.41, 5.74) is 0.245. The van der Waals surface area contributed by atoms with E-state index in [4.69, 9.17) is 9.47 Å². The Labute approximate surface area is 127 Å². The number of rotatable bonds is 4. The van der Waals surface area contributed by atoms with Gasteiger partial charge >= 0.3 is 0 Å². The third kappa shape index (κ3) is 2.75. The Hall–Kier alpha value is -1.98. The molecule has 3 aromatic rings. The van der Waals surface area contributed by atoms with Crippen molar-refractivity contribution in [2.45, 2.75) is 19.4 Å². The minimum atomic E-state index is -0.517. The van der Waals surface area contributed by atoms with Crippen LogP contribution in [-0.4, -0.2) is 17.1 Å². The van der Waals surface area contributed by atoms with Crippen LogP contribution in [0.4, 0.5) is 0 Å². The Morgan fingerprint density at radius 1 is 1.19 bits per heavy atom. The molecular weight excluding hydrogens is 284 g/mol. The van der Waals surface area contributed by atoms with Gasteiger partial charge in [-0.2, -0.15) is 0 Å². The lowest BCUT2D eigenvalue weighted by Gasteiger charge is -2.24. The predicted octanol–water partition coefficient (Wildman–Crippen LogP) is 4.37. The van der Waals surface area contributed by atoms with E-state index in [2.05, 4.69) is 9.97 Å². The quantitative estimate of drug-likeness (QED) is 0.718. The summed E-state index contributed by atoms with van der Waals surface area (Å²) in [6.07, 6.45) is 3.47. The fraction of sp³-hybridized carbons (Fsp3) is 0.250. The highest BCUT2D eigenvalue weighted by molar-refractivity contribution is 7.16. The highest BCUT2D eigenvalue weighted by atomic mass is 32.1. The van der Waals surface area contributed by atoms with E-state index in [0.29, 0.717) is 11.5 Å². The topological polar surface area (TPSA) is 44.2 Å². The molecule has 0 saturated carbocycles. The summed E-state index contributed by atoms with van der Waals surface area (Å²) in [4.78, 5) is 9.80. The van der Waals surface area contributed by atoms with Gasteiger partial charge in [0.1, 0.15) is 21.9 Å². The Bertz CT molecular complexity index is 768. The van der Waals surface area contributed by atoms with Gasteiger partial charge in [-0.25, -0.2) is 4.98 Å².